The van der Waals surface area contributed by atoms with E-state index in [4.69, 9.17) is 15.3 Å². The van der Waals surface area contributed by atoms with Gasteiger partial charge in [0.1, 0.15) is 17.2 Å². The normalized spacial score (nSPS) is 7.75. The minimum absolute atomic E-state index is 0. The van der Waals surface area contributed by atoms with Crippen LogP contribution in [0.1, 0.15) is 6.92 Å². The Morgan fingerprint density at radius 3 is 0.708 bits per heavy atom. The number of para-hydroxylation sites is 3. The van der Waals surface area contributed by atoms with Gasteiger partial charge < -0.3 is 22.2 Å². The zero-order chi connectivity index (χ0) is 17.3. The summed E-state index contributed by atoms with van der Waals surface area (Å²) in [5.74, 6) is 0.965. The SMILES string of the molecule is Oc1ccccc1.Oc1ccccc1.Oc1ccccc1.[CH2-]C.[Ti]. The fourth-order valence-electron chi connectivity index (χ4n) is 1.28. The topological polar surface area (TPSA) is 60.7 Å². The number of aromatic hydroxyl groups is 3. The van der Waals surface area contributed by atoms with Crippen molar-refractivity contribution >= 4 is 0 Å². The van der Waals surface area contributed by atoms with Crippen molar-refractivity contribution in [1.29, 1.82) is 0 Å². The Morgan fingerprint density at radius 2 is 0.625 bits per heavy atom. The molecule has 3 N–H and O–H groups in total. The number of rotatable bonds is 0. The van der Waals surface area contributed by atoms with Crippen molar-refractivity contribution < 1.29 is 37.0 Å². The fraction of sp³-hybridized carbons (Fsp3) is 0.0500. The number of phenolic OH excluding ortho intramolecular Hbond substituents is 3. The Morgan fingerprint density at radius 1 is 0.458 bits per heavy atom. The number of hydrogen-bond acceptors (Lipinski definition) is 3. The van der Waals surface area contributed by atoms with Gasteiger partial charge in [-0.25, -0.2) is 0 Å². The minimum atomic E-state index is 0. The maximum absolute atomic E-state index is 8.63. The Kier molecular flexibility index (Phi) is 17.2. The van der Waals surface area contributed by atoms with Gasteiger partial charge in [0, 0.05) is 21.7 Å². The monoisotopic (exact) mass is 359 g/mol. The van der Waals surface area contributed by atoms with Gasteiger partial charge in [0.15, 0.2) is 0 Å². The molecular formula is C20H23O3Ti-. The van der Waals surface area contributed by atoms with Crippen LogP contribution in [0, 0.1) is 6.92 Å². The maximum Gasteiger partial charge on any atom is 0.115 e. The van der Waals surface area contributed by atoms with Crippen LogP contribution in [0.3, 0.4) is 0 Å². The molecular weight excluding hydrogens is 336 g/mol. The third-order valence-electron chi connectivity index (χ3n) is 2.27. The number of hydrogen-bond donors (Lipinski definition) is 3. The molecule has 0 heterocycles. The summed E-state index contributed by atoms with van der Waals surface area (Å²) in [6.45, 7) is 5.00. The van der Waals surface area contributed by atoms with Gasteiger partial charge in [-0.2, -0.15) is 6.92 Å². The Labute approximate surface area is 159 Å². The van der Waals surface area contributed by atoms with Gasteiger partial charge in [-0.1, -0.05) is 54.6 Å². The predicted octanol–water partition coefficient (Wildman–Crippen LogP) is 5.01. The van der Waals surface area contributed by atoms with Crippen LogP contribution < -0.4 is 0 Å². The molecule has 0 aromatic heterocycles. The standard InChI is InChI=1S/3C6H6O.C2H5.Ti/c3*7-6-4-2-1-3-5-6;1-2;/h3*1-5,7H;1H2,2H3;/q;;;-1;. The summed E-state index contributed by atoms with van der Waals surface area (Å²) in [5.41, 5.74) is 0. The smallest absolute Gasteiger partial charge is 0.115 e. The maximum atomic E-state index is 8.63. The molecule has 4 heteroatoms. The fourth-order valence-corrected chi connectivity index (χ4v) is 1.28. The first-order valence-corrected chi connectivity index (χ1v) is 7.11. The van der Waals surface area contributed by atoms with Crippen molar-refractivity contribution in [3.05, 3.63) is 97.9 Å². The van der Waals surface area contributed by atoms with Crippen LogP contribution in [0.25, 0.3) is 0 Å². The first-order valence-electron chi connectivity index (χ1n) is 7.11. The van der Waals surface area contributed by atoms with E-state index in [1.807, 2.05) is 18.2 Å². The van der Waals surface area contributed by atoms with E-state index in [2.05, 4.69) is 6.92 Å². The molecule has 126 valence electrons. The van der Waals surface area contributed by atoms with Crippen molar-refractivity contribution in [3.8, 4) is 17.2 Å². The summed E-state index contributed by atoms with van der Waals surface area (Å²) < 4.78 is 0. The van der Waals surface area contributed by atoms with Gasteiger partial charge in [0.05, 0.1) is 0 Å². The van der Waals surface area contributed by atoms with E-state index < -0.39 is 0 Å². The van der Waals surface area contributed by atoms with Gasteiger partial charge in [0.2, 0.25) is 0 Å². The van der Waals surface area contributed by atoms with Crippen LogP contribution in [0.2, 0.25) is 0 Å². The van der Waals surface area contributed by atoms with E-state index in [9.17, 15) is 0 Å². The summed E-state index contributed by atoms with van der Waals surface area (Å²) in [6.07, 6.45) is 0. The third-order valence-corrected chi connectivity index (χ3v) is 2.27. The Bertz CT molecular complexity index is 498. The summed E-state index contributed by atoms with van der Waals surface area (Å²) in [7, 11) is 0. The molecule has 0 radical (unpaired) electrons. The van der Waals surface area contributed by atoms with Crippen LogP contribution in [0.15, 0.2) is 91.0 Å². The first kappa shape index (κ1) is 24.0. The molecule has 3 aromatic rings. The van der Waals surface area contributed by atoms with E-state index in [0.717, 1.165) is 0 Å². The molecule has 0 atom stereocenters. The van der Waals surface area contributed by atoms with Crippen molar-refractivity contribution in [3.63, 3.8) is 0 Å². The van der Waals surface area contributed by atoms with Gasteiger partial charge in [-0.15, -0.1) is 0 Å². The molecule has 3 nitrogen and oxygen atoms in total. The van der Waals surface area contributed by atoms with E-state index >= 15 is 0 Å². The van der Waals surface area contributed by atoms with Gasteiger partial charge in [-0.3, -0.25) is 0 Å². The molecule has 0 amide bonds. The van der Waals surface area contributed by atoms with Crippen LogP contribution >= 0.6 is 0 Å². The van der Waals surface area contributed by atoms with Crippen molar-refractivity contribution in [2.75, 3.05) is 0 Å². The molecule has 3 rings (SSSR count). The largest absolute Gasteiger partial charge is 0.508 e. The van der Waals surface area contributed by atoms with Gasteiger partial charge in [0.25, 0.3) is 0 Å². The van der Waals surface area contributed by atoms with Crippen LogP contribution in [0.4, 0.5) is 0 Å². The van der Waals surface area contributed by atoms with Crippen LogP contribution in [-0.2, 0) is 21.7 Å². The molecule has 3 aromatic carbocycles. The molecule has 24 heavy (non-hydrogen) atoms. The summed E-state index contributed by atoms with van der Waals surface area (Å²) in [4.78, 5) is 0. The summed E-state index contributed by atoms with van der Waals surface area (Å²) >= 11 is 0. The second-order valence-electron chi connectivity index (χ2n) is 4.01. The van der Waals surface area contributed by atoms with Crippen LogP contribution in [-0.4, -0.2) is 15.3 Å². The molecule has 0 aliphatic carbocycles. The van der Waals surface area contributed by atoms with Crippen molar-refractivity contribution in [2.24, 2.45) is 0 Å². The van der Waals surface area contributed by atoms with Crippen molar-refractivity contribution in [2.45, 2.75) is 6.92 Å². The molecule has 0 aliphatic rings. The second-order valence-corrected chi connectivity index (χ2v) is 4.01. The molecule has 0 saturated carbocycles. The second kappa shape index (κ2) is 17.1. The zero-order valence-corrected chi connectivity index (χ0v) is 15.3. The average molecular weight is 359 g/mol. The van der Waals surface area contributed by atoms with Crippen molar-refractivity contribution in [1.82, 2.24) is 0 Å². The number of phenols is 3. The average Bonchev–Trinajstić information content (AvgIpc) is 2.60. The minimum Gasteiger partial charge on any atom is -0.508 e. The van der Waals surface area contributed by atoms with Gasteiger partial charge >= 0.3 is 0 Å². The Hall–Kier alpha value is -2.23. The molecule has 0 saturated heterocycles. The van der Waals surface area contributed by atoms with Crippen LogP contribution in [0.5, 0.6) is 17.2 Å². The third kappa shape index (κ3) is 14.7. The van der Waals surface area contributed by atoms with E-state index in [1.165, 1.54) is 0 Å². The van der Waals surface area contributed by atoms with E-state index in [1.54, 1.807) is 79.7 Å². The first-order chi connectivity index (χ1) is 11.2. The molecule has 0 fully saturated rings. The number of benzene rings is 3. The Balaban J connectivity index is 0. The van der Waals surface area contributed by atoms with Gasteiger partial charge in [-0.05, 0) is 36.4 Å². The molecule has 0 aliphatic heterocycles. The quantitative estimate of drug-likeness (QED) is 0.390. The van der Waals surface area contributed by atoms with E-state index in [-0.39, 0.29) is 21.7 Å². The molecule has 0 bridgehead atoms. The summed E-state index contributed by atoms with van der Waals surface area (Å²) in [6, 6.07) is 26.1. The summed E-state index contributed by atoms with van der Waals surface area (Å²) in [5, 5.41) is 25.9. The zero-order valence-electron chi connectivity index (χ0n) is 13.7. The predicted molar refractivity (Wildman–Crippen MR) is 95.4 cm³/mol. The molecule has 0 unspecified atom stereocenters. The molecule has 0 spiro atoms. The van der Waals surface area contributed by atoms with E-state index in [0.29, 0.717) is 17.2 Å².